The van der Waals surface area contributed by atoms with Gasteiger partial charge in [-0.3, -0.25) is 0 Å². The van der Waals surface area contributed by atoms with Crippen molar-refractivity contribution in [2.24, 2.45) is 0 Å². The first-order valence-electron chi connectivity index (χ1n) is 4.02. The van der Waals surface area contributed by atoms with E-state index in [0.717, 1.165) is 10.6 Å². The molecule has 0 aromatic rings. The van der Waals surface area contributed by atoms with Crippen molar-refractivity contribution < 1.29 is 0 Å². The van der Waals surface area contributed by atoms with E-state index in [1.807, 2.05) is 0 Å². The Hall–Kier alpha value is 0.830. The fraction of sp³-hybridized carbons (Fsp3) is 1.00. The van der Waals surface area contributed by atoms with Crippen molar-refractivity contribution in [1.29, 1.82) is 0 Å². The lowest BCUT2D eigenvalue weighted by atomic mass is 10.2. The number of unbranched alkanes of at least 4 members (excludes halogenated alkanes) is 1. The molecule has 62 valence electrons. The third-order valence-corrected chi connectivity index (χ3v) is 3.87. The van der Waals surface area contributed by atoms with Gasteiger partial charge in [0.1, 0.15) is 0 Å². The van der Waals surface area contributed by atoms with Crippen molar-refractivity contribution >= 4 is 27.7 Å². The molecule has 0 aliphatic rings. The Balaban J connectivity index is 3.21. The largest absolute Gasteiger partial charge is 0.158 e. The summed E-state index contributed by atoms with van der Waals surface area (Å²) in [4.78, 5) is 0. The summed E-state index contributed by atoms with van der Waals surface area (Å²) < 4.78 is 0. The first-order valence-corrected chi connectivity index (χ1v) is 6.19. The van der Waals surface area contributed by atoms with Gasteiger partial charge in [-0.1, -0.05) is 42.6 Å². The van der Waals surface area contributed by atoms with Crippen molar-refractivity contribution in [3.05, 3.63) is 0 Å². The van der Waals surface area contributed by atoms with Crippen LogP contribution in [-0.4, -0.2) is 16.3 Å². The minimum absolute atomic E-state index is 0.852. The lowest BCUT2D eigenvalue weighted by Gasteiger charge is -2.10. The number of alkyl halides is 1. The molecule has 0 aromatic heterocycles. The Morgan fingerprint density at radius 2 is 2.10 bits per heavy atom. The highest BCUT2D eigenvalue weighted by molar-refractivity contribution is 9.09. The zero-order valence-electron chi connectivity index (χ0n) is 6.90. The average Bonchev–Trinajstić information content (AvgIpc) is 1.98. The molecule has 0 bridgehead atoms. The molecular formula is C8H17BrS. The van der Waals surface area contributed by atoms with Crippen molar-refractivity contribution in [2.75, 3.05) is 11.1 Å². The minimum atomic E-state index is 0.852. The second-order valence-electron chi connectivity index (χ2n) is 2.37. The van der Waals surface area contributed by atoms with Crippen LogP contribution < -0.4 is 0 Å². The monoisotopic (exact) mass is 224 g/mol. The van der Waals surface area contributed by atoms with Crippen LogP contribution in [0.1, 0.15) is 33.1 Å². The maximum atomic E-state index is 3.53. The van der Waals surface area contributed by atoms with E-state index in [9.17, 15) is 0 Å². The second-order valence-corrected chi connectivity index (χ2v) is 4.60. The van der Waals surface area contributed by atoms with Crippen LogP contribution >= 0.6 is 27.7 Å². The maximum absolute atomic E-state index is 3.53. The molecular weight excluding hydrogens is 208 g/mol. The third kappa shape index (κ3) is 5.60. The average molecular weight is 225 g/mol. The van der Waals surface area contributed by atoms with Gasteiger partial charge in [0, 0.05) is 10.6 Å². The SMILES string of the molecule is CCCCC(CBr)SCC. The first-order chi connectivity index (χ1) is 4.85. The van der Waals surface area contributed by atoms with Crippen molar-refractivity contribution in [1.82, 2.24) is 0 Å². The van der Waals surface area contributed by atoms with Gasteiger partial charge in [0.05, 0.1) is 0 Å². The molecule has 0 aliphatic heterocycles. The maximum Gasteiger partial charge on any atom is 0.0151 e. The van der Waals surface area contributed by atoms with Crippen LogP contribution in [0.4, 0.5) is 0 Å². The van der Waals surface area contributed by atoms with Gasteiger partial charge in [0.25, 0.3) is 0 Å². The molecule has 1 atom stereocenters. The Labute approximate surface area is 77.3 Å². The number of hydrogen-bond donors (Lipinski definition) is 0. The van der Waals surface area contributed by atoms with Gasteiger partial charge in [0.2, 0.25) is 0 Å². The summed E-state index contributed by atoms with van der Waals surface area (Å²) in [5, 5.41) is 2.01. The van der Waals surface area contributed by atoms with Crippen molar-refractivity contribution in [2.45, 2.75) is 38.4 Å². The molecule has 0 saturated carbocycles. The van der Waals surface area contributed by atoms with Gasteiger partial charge in [0.15, 0.2) is 0 Å². The number of halogens is 1. The van der Waals surface area contributed by atoms with Crippen LogP contribution in [0, 0.1) is 0 Å². The Morgan fingerprint density at radius 3 is 2.50 bits per heavy atom. The molecule has 0 amide bonds. The third-order valence-electron chi connectivity index (χ3n) is 1.45. The summed E-state index contributed by atoms with van der Waals surface area (Å²) >= 11 is 5.60. The number of thioether (sulfide) groups is 1. The van der Waals surface area contributed by atoms with Crippen molar-refractivity contribution in [3.63, 3.8) is 0 Å². The normalized spacial score (nSPS) is 13.5. The van der Waals surface area contributed by atoms with E-state index in [-0.39, 0.29) is 0 Å². The molecule has 0 aliphatic carbocycles. The molecule has 10 heavy (non-hydrogen) atoms. The van der Waals surface area contributed by atoms with Gasteiger partial charge in [-0.05, 0) is 12.2 Å². The standard InChI is InChI=1S/C8H17BrS/c1-3-5-6-8(7-9)10-4-2/h8H,3-7H2,1-2H3. The number of rotatable bonds is 6. The Morgan fingerprint density at radius 1 is 1.40 bits per heavy atom. The molecule has 1 unspecified atom stereocenters. The summed E-state index contributed by atoms with van der Waals surface area (Å²) in [5.41, 5.74) is 0. The molecule has 0 heterocycles. The number of hydrogen-bond acceptors (Lipinski definition) is 1. The smallest absolute Gasteiger partial charge is 0.0151 e. The summed E-state index contributed by atoms with van der Waals surface area (Å²) in [5.74, 6) is 1.25. The minimum Gasteiger partial charge on any atom is -0.158 e. The first kappa shape index (κ1) is 10.8. The molecule has 0 nitrogen and oxygen atoms in total. The highest BCUT2D eigenvalue weighted by Gasteiger charge is 2.03. The Bertz CT molecular complexity index is 66.3. The van der Waals surface area contributed by atoms with Crippen LogP contribution in [0.2, 0.25) is 0 Å². The van der Waals surface area contributed by atoms with Crippen LogP contribution in [0.5, 0.6) is 0 Å². The second kappa shape index (κ2) is 7.93. The highest BCUT2D eigenvalue weighted by Crippen LogP contribution is 2.18. The predicted octanol–water partition coefficient (Wildman–Crippen LogP) is 3.69. The fourth-order valence-electron chi connectivity index (χ4n) is 0.873. The molecule has 0 radical (unpaired) electrons. The van der Waals surface area contributed by atoms with Gasteiger partial charge in [-0.2, -0.15) is 11.8 Å². The van der Waals surface area contributed by atoms with E-state index in [1.165, 1.54) is 25.0 Å². The summed E-state index contributed by atoms with van der Waals surface area (Å²) in [6.45, 7) is 4.48. The van der Waals surface area contributed by atoms with E-state index >= 15 is 0 Å². The molecule has 0 spiro atoms. The molecule has 0 rings (SSSR count). The van der Waals surface area contributed by atoms with Crippen LogP contribution in [0.25, 0.3) is 0 Å². The molecule has 0 N–H and O–H groups in total. The topological polar surface area (TPSA) is 0 Å². The predicted molar refractivity (Wildman–Crippen MR) is 55.2 cm³/mol. The van der Waals surface area contributed by atoms with Crippen LogP contribution in [-0.2, 0) is 0 Å². The summed E-state index contributed by atoms with van der Waals surface area (Å²) in [7, 11) is 0. The molecule has 0 aromatic carbocycles. The van der Waals surface area contributed by atoms with Crippen molar-refractivity contribution in [3.8, 4) is 0 Å². The van der Waals surface area contributed by atoms with Gasteiger partial charge in [-0.25, -0.2) is 0 Å². The van der Waals surface area contributed by atoms with E-state index in [1.54, 1.807) is 0 Å². The highest BCUT2D eigenvalue weighted by atomic mass is 79.9. The van der Waals surface area contributed by atoms with E-state index in [4.69, 9.17) is 0 Å². The Kier molecular flexibility index (Phi) is 8.59. The van der Waals surface area contributed by atoms with E-state index < -0.39 is 0 Å². The van der Waals surface area contributed by atoms with E-state index in [2.05, 4.69) is 41.5 Å². The fourth-order valence-corrected chi connectivity index (χ4v) is 2.65. The summed E-state index contributed by atoms with van der Waals surface area (Å²) in [6.07, 6.45) is 4.08. The lowest BCUT2D eigenvalue weighted by molar-refractivity contribution is 0.719. The van der Waals surface area contributed by atoms with E-state index in [0.29, 0.717) is 0 Å². The van der Waals surface area contributed by atoms with Crippen LogP contribution in [0.15, 0.2) is 0 Å². The zero-order chi connectivity index (χ0) is 7.82. The van der Waals surface area contributed by atoms with Gasteiger partial charge in [-0.15, -0.1) is 0 Å². The zero-order valence-corrected chi connectivity index (χ0v) is 9.30. The molecule has 0 fully saturated rings. The van der Waals surface area contributed by atoms with Gasteiger partial charge < -0.3 is 0 Å². The van der Waals surface area contributed by atoms with Crippen LogP contribution in [0.3, 0.4) is 0 Å². The molecule has 0 saturated heterocycles. The lowest BCUT2D eigenvalue weighted by Crippen LogP contribution is -2.03. The quantitative estimate of drug-likeness (QED) is 0.621. The molecule has 2 heteroatoms. The summed E-state index contributed by atoms with van der Waals surface area (Å²) in [6, 6.07) is 0. The van der Waals surface area contributed by atoms with Gasteiger partial charge >= 0.3 is 0 Å².